The molecule has 0 radical (unpaired) electrons. The zero-order valence-corrected chi connectivity index (χ0v) is 14.5. The van der Waals surface area contributed by atoms with Gasteiger partial charge in [0.1, 0.15) is 5.75 Å². The number of carbonyl (C=O) groups excluding carboxylic acids is 2. The van der Waals surface area contributed by atoms with Crippen molar-refractivity contribution in [2.24, 2.45) is 5.10 Å². The number of ether oxygens (including phenoxy) is 2. The Hall–Kier alpha value is -3.75. The Morgan fingerprint density at radius 3 is 2.41 bits per heavy atom. The molecule has 1 aliphatic heterocycles. The molecular weight excluding hydrogens is 354 g/mol. The highest BCUT2D eigenvalue weighted by Crippen LogP contribution is 2.33. The van der Waals surface area contributed by atoms with Crippen LogP contribution < -0.4 is 4.74 Å². The number of nitro groups is 1. The van der Waals surface area contributed by atoms with Crippen LogP contribution in [0.15, 0.2) is 53.6 Å². The fourth-order valence-electron chi connectivity index (χ4n) is 2.54. The van der Waals surface area contributed by atoms with E-state index in [1.807, 2.05) is 0 Å². The summed E-state index contributed by atoms with van der Waals surface area (Å²) < 4.78 is 11.0. The number of amides is 1. The first kappa shape index (κ1) is 18.1. The first-order valence-electron chi connectivity index (χ1n) is 7.94. The van der Waals surface area contributed by atoms with E-state index in [-0.39, 0.29) is 23.2 Å². The average molecular weight is 369 g/mol. The van der Waals surface area contributed by atoms with Gasteiger partial charge in [0, 0.05) is 31.5 Å². The summed E-state index contributed by atoms with van der Waals surface area (Å²) in [5.41, 5.74) is 0.843. The molecule has 1 aliphatic rings. The van der Waals surface area contributed by atoms with E-state index in [9.17, 15) is 19.7 Å². The highest BCUT2D eigenvalue weighted by Gasteiger charge is 2.34. The summed E-state index contributed by atoms with van der Waals surface area (Å²) in [6.45, 7) is 2.60. The van der Waals surface area contributed by atoms with E-state index < -0.39 is 17.1 Å². The predicted molar refractivity (Wildman–Crippen MR) is 93.7 cm³/mol. The molecule has 1 atom stereocenters. The molecule has 0 fully saturated rings. The van der Waals surface area contributed by atoms with Crippen molar-refractivity contribution in [2.75, 3.05) is 0 Å². The molecule has 138 valence electrons. The molecule has 1 unspecified atom stereocenters. The molecule has 1 heterocycles. The van der Waals surface area contributed by atoms with Crippen LogP contribution >= 0.6 is 0 Å². The van der Waals surface area contributed by atoms with Gasteiger partial charge in [0.05, 0.1) is 10.5 Å². The third-order valence-electron chi connectivity index (χ3n) is 3.73. The SMILES string of the molecule is CC(=O)Oc1ccccc1C1=NN(C(C)=O)C(c2ccc([N+](=O)[O-])cc2)O1. The molecule has 0 N–H and O–H groups in total. The van der Waals surface area contributed by atoms with E-state index in [0.717, 1.165) is 5.01 Å². The summed E-state index contributed by atoms with van der Waals surface area (Å²) in [6.07, 6.45) is -0.885. The molecule has 0 saturated carbocycles. The number of esters is 1. The van der Waals surface area contributed by atoms with Crippen LogP contribution in [0.25, 0.3) is 0 Å². The minimum absolute atomic E-state index is 0.0764. The smallest absolute Gasteiger partial charge is 0.308 e. The van der Waals surface area contributed by atoms with Crippen LogP contribution in [0.2, 0.25) is 0 Å². The highest BCUT2D eigenvalue weighted by atomic mass is 16.6. The Bertz CT molecular complexity index is 938. The molecule has 27 heavy (non-hydrogen) atoms. The van der Waals surface area contributed by atoms with Crippen molar-refractivity contribution in [3.63, 3.8) is 0 Å². The lowest BCUT2D eigenvalue weighted by molar-refractivity contribution is -0.384. The van der Waals surface area contributed by atoms with Gasteiger partial charge in [0.2, 0.25) is 18.0 Å². The fourth-order valence-corrected chi connectivity index (χ4v) is 2.54. The Kier molecular flexibility index (Phi) is 4.84. The van der Waals surface area contributed by atoms with E-state index in [1.165, 1.54) is 38.1 Å². The van der Waals surface area contributed by atoms with Crippen molar-refractivity contribution >= 4 is 23.5 Å². The van der Waals surface area contributed by atoms with Crippen molar-refractivity contribution in [3.8, 4) is 5.75 Å². The highest BCUT2D eigenvalue weighted by molar-refractivity contribution is 5.99. The third kappa shape index (κ3) is 3.76. The van der Waals surface area contributed by atoms with Crippen molar-refractivity contribution in [2.45, 2.75) is 20.1 Å². The van der Waals surface area contributed by atoms with Crippen LogP contribution in [0.5, 0.6) is 5.75 Å². The van der Waals surface area contributed by atoms with Gasteiger partial charge in [-0.15, -0.1) is 5.10 Å². The molecule has 9 nitrogen and oxygen atoms in total. The van der Waals surface area contributed by atoms with E-state index in [2.05, 4.69) is 5.10 Å². The molecule has 2 aromatic carbocycles. The Balaban J connectivity index is 1.94. The summed E-state index contributed by atoms with van der Waals surface area (Å²) in [7, 11) is 0. The quantitative estimate of drug-likeness (QED) is 0.355. The topological polar surface area (TPSA) is 111 Å². The largest absolute Gasteiger partial charge is 0.446 e. The summed E-state index contributed by atoms with van der Waals surface area (Å²) >= 11 is 0. The second-order valence-electron chi connectivity index (χ2n) is 5.68. The van der Waals surface area contributed by atoms with Crippen LogP contribution in [-0.4, -0.2) is 27.7 Å². The van der Waals surface area contributed by atoms with Gasteiger partial charge in [-0.3, -0.25) is 19.7 Å². The van der Waals surface area contributed by atoms with Gasteiger partial charge >= 0.3 is 5.97 Å². The molecule has 0 aliphatic carbocycles. The first-order chi connectivity index (χ1) is 12.9. The van der Waals surface area contributed by atoms with Crippen LogP contribution in [0, 0.1) is 10.1 Å². The van der Waals surface area contributed by atoms with Gasteiger partial charge in [-0.1, -0.05) is 12.1 Å². The minimum Gasteiger partial charge on any atom is -0.446 e. The number of hydrazone groups is 1. The predicted octanol–water partition coefficient (Wildman–Crippen LogP) is 2.76. The van der Waals surface area contributed by atoms with Crippen LogP contribution in [0.4, 0.5) is 5.69 Å². The number of para-hydroxylation sites is 1. The van der Waals surface area contributed by atoms with Crippen LogP contribution in [-0.2, 0) is 14.3 Å². The average Bonchev–Trinajstić information content (AvgIpc) is 3.07. The maximum absolute atomic E-state index is 12.0. The maximum Gasteiger partial charge on any atom is 0.308 e. The number of nitrogens with zero attached hydrogens (tertiary/aromatic N) is 3. The fraction of sp³-hybridized carbons (Fsp3) is 0.167. The van der Waals surface area contributed by atoms with Crippen molar-refractivity contribution in [1.82, 2.24) is 5.01 Å². The number of nitro benzene ring substituents is 1. The van der Waals surface area contributed by atoms with Crippen LogP contribution in [0.1, 0.15) is 31.2 Å². The molecule has 0 bridgehead atoms. The lowest BCUT2D eigenvalue weighted by Crippen LogP contribution is -2.25. The number of carbonyl (C=O) groups is 2. The number of hydrogen-bond donors (Lipinski definition) is 0. The molecular formula is C18H15N3O6. The maximum atomic E-state index is 12.0. The second-order valence-corrected chi connectivity index (χ2v) is 5.68. The summed E-state index contributed by atoms with van der Waals surface area (Å²) in [4.78, 5) is 33.6. The molecule has 3 rings (SSSR count). The zero-order chi connectivity index (χ0) is 19.6. The minimum atomic E-state index is -0.885. The van der Waals surface area contributed by atoms with E-state index in [1.54, 1.807) is 24.3 Å². The van der Waals surface area contributed by atoms with Gasteiger partial charge < -0.3 is 9.47 Å². The number of benzene rings is 2. The zero-order valence-electron chi connectivity index (χ0n) is 14.5. The third-order valence-corrected chi connectivity index (χ3v) is 3.73. The van der Waals surface area contributed by atoms with E-state index >= 15 is 0 Å². The monoisotopic (exact) mass is 369 g/mol. The molecule has 1 amide bonds. The molecule has 0 aromatic heterocycles. The van der Waals surface area contributed by atoms with Crippen molar-refractivity contribution in [3.05, 3.63) is 69.8 Å². The second kappa shape index (κ2) is 7.24. The van der Waals surface area contributed by atoms with Gasteiger partial charge in [-0.05, 0) is 24.3 Å². The number of hydrogen-bond acceptors (Lipinski definition) is 7. The van der Waals surface area contributed by atoms with Gasteiger partial charge in [-0.2, -0.15) is 5.01 Å². The van der Waals surface area contributed by atoms with Gasteiger partial charge in [-0.25, -0.2) is 0 Å². The number of rotatable bonds is 4. The summed E-state index contributed by atoms with van der Waals surface area (Å²) in [5.74, 6) is -0.531. The van der Waals surface area contributed by atoms with Crippen molar-refractivity contribution < 1.29 is 24.0 Å². The molecule has 9 heteroatoms. The van der Waals surface area contributed by atoms with E-state index in [4.69, 9.17) is 9.47 Å². The summed E-state index contributed by atoms with van der Waals surface area (Å²) in [6, 6.07) is 12.3. The van der Waals surface area contributed by atoms with Gasteiger partial charge in [0.25, 0.3) is 5.69 Å². The lowest BCUT2D eigenvalue weighted by atomic mass is 10.1. The number of non-ortho nitro benzene ring substituents is 1. The Labute approximate surface area is 154 Å². The van der Waals surface area contributed by atoms with E-state index in [0.29, 0.717) is 11.1 Å². The van der Waals surface area contributed by atoms with Crippen molar-refractivity contribution in [1.29, 1.82) is 0 Å². The molecule has 0 spiro atoms. The lowest BCUT2D eigenvalue weighted by Gasteiger charge is -2.19. The first-order valence-corrected chi connectivity index (χ1v) is 7.94. The standard InChI is InChI=1S/C18H15N3O6/c1-11(22)20-18(13-7-9-14(10-8-13)21(24)25)27-17(19-20)15-5-3-4-6-16(15)26-12(2)23/h3-10,18H,1-2H3. The summed E-state index contributed by atoms with van der Waals surface area (Å²) in [5, 5.41) is 16.1. The normalized spacial score (nSPS) is 15.7. The Morgan fingerprint density at radius 1 is 1.15 bits per heavy atom. The van der Waals surface area contributed by atoms with Crippen LogP contribution in [0.3, 0.4) is 0 Å². The van der Waals surface area contributed by atoms with Gasteiger partial charge in [0.15, 0.2) is 0 Å². The molecule has 2 aromatic rings. The molecule has 0 saturated heterocycles. The Morgan fingerprint density at radius 2 is 1.81 bits per heavy atom.